The zero-order valence-electron chi connectivity index (χ0n) is 26.2. The average molecular weight is 768 g/mol. The van der Waals surface area contributed by atoms with Crippen LogP contribution < -0.4 is 17.0 Å². The number of aliphatic hydroxyl groups is 2. The third-order valence-electron chi connectivity index (χ3n) is 7.19. The van der Waals surface area contributed by atoms with Crippen molar-refractivity contribution < 1.29 is 80.1 Å². The molecule has 0 aromatic carbocycles. The molecule has 49 heavy (non-hydrogen) atoms. The Bertz CT molecular complexity index is 1600. The number of carbonyl (C=O) groups excluding carboxylic acids is 3. The van der Waals surface area contributed by atoms with Gasteiger partial charge in [0.25, 0.3) is 5.56 Å². The second-order valence-electron chi connectivity index (χ2n) is 10.8. The Morgan fingerprint density at radius 3 is 2.29 bits per heavy atom. The van der Waals surface area contributed by atoms with Crippen LogP contribution in [0.2, 0.25) is 0 Å². The van der Waals surface area contributed by atoms with Gasteiger partial charge in [0, 0.05) is 33.0 Å². The molecule has 7 unspecified atom stereocenters. The van der Waals surface area contributed by atoms with E-state index < -0.39 is 118 Å². The summed E-state index contributed by atoms with van der Waals surface area (Å²) in [6, 6.07) is 0.999. The second-order valence-corrected chi connectivity index (χ2v) is 15.3. The Balaban J connectivity index is 1.79. The maximum Gasteiger partial charge on any atom is 0.482 e. The maximum absolute atomic E-state index is 15.1. The Kier molecular flexibility index (Phi) is 13.5. The molecular weight excluding hydrogens is 731 g/mol. The summed E-state index contributed by atoms with van der Waals surface area (Å²) in [5.74, 6) is -3.09. The molecule has 0 aliphatic carbocycles. The van der Waals surface area contributed by atoms with Crippen molar-refractivity contribution in [2.45, 2.75) is 95.0 Å². The number of phosphoric acid groups is 1. The normalized spacial score (nSPS) is 33.1. The highest BCUT2D eigenvalue weighted by atomic mass is 32.7. The third-order valence-corrected chi connectivity index (χ3v) is 10.8. The van der Waals surface area contributed by atoms with E-state index >= 15 is 4.39 Å². The van der Waals surface area contributed by atoms with Gasteiger partial charge in [-0.2, -0.15) is 4.31 Å². The zero-order chi connectivity index (χ0) is 37.1. The van der Waals surface area contributed by atoms with Gasteiger partial charge in [0.1, 0.15) is 31.0 Å². The summed E-state index contributed by atoms with van der Waals surface area (Å²) in [6.45, 7) is -2.62. The van der Waals surface area contributed by atoms with Crippen LogP contribution in [0.1, 0.15) is 40.3 Å². The molecule has 6 N–H and O–H groups in total. The van der Waals surface area contributed by atoms with E-state index in [1.165, 1.54) is 0 Å². The molecule has 0 bridgehead atoms. The number of carbonyl (C=O) groups is 3. The van der Waals surface area contributed by atoms with Crippen LogP contribution in [0.3, 0.4) is 0 Å². The number of esters is 3. The van der Waals surface area contributed by atoms with Gasteiger partial charge >= 0.3 is 38.2 Å². The Hall–Kier alpha value is -2.53. The molecule has 2 aliphatic rings. The topological polar surface area (TPSA) is 301 Å². The Morgan fingerprint density at radius 2 is 1.73 bits per heavy atom. The lowest BCUT2D eigenvalue weighted by Gasteiger charge is -2.43. The van der Waals surface area contributed by atoms with Gasteiger partial charge in [0.05, 0.1) is 12.1 Å². The van der Waals surface area contributed by atoms with Crippen molar-refractivity contribution in [1.29, 1.82) is 0 Å². The summed E-state index contributed by atoms with van der Waals surface area (Å²) in [6.07, 6.45) is -16.4. The largest absolute Gasteiger partial charge is 0.482 e. The van der Waals surface area contributed by atoms with Crippen molar-refractivity contribution >= 4 is 44.8 Å². The quantitative estimate of drug-likeness (QED) is 0.0569. The first-order valence-corrected chi connectivity index (χ1v) is 18.4. The highest BCUT2D eigenvalue weighted by Crippen LogP contribution is 2.66. The van der Waals surface area contributed by atoms with Crippen molar-refractivity contribution in [1.82, 2.24) is 9.55 Å². The summed E-state index contributed by atoms with van der Waals surface area (Å²) in [4.78, 5) is 71.0. The predicted molar refractivity (Wildman–Crippen MR) is 160 cm³/mol. The number of nitrogens with two attached hydrogens (primary N) is 1. The molecule has 2 aliphatic heterocycles. The number of halogens is 1. The number of nitrogens with one attached hydrogen (secondary N) is 1. The van der Waals surface area contributed by atoms with Crippen LogP contribution in [0.15, 0.2) is 21.9 Å². The number of alkyl halides is 1. The molecule has 3 rings (SSSR count). The van der Waals surface area contributed by atoms with E-state index in [1.807, 2.05) is 4.98 Å². The molecule has 12 atom stereocenters. The number of hydrogen-bond acceptors (Lipinski definition) is 18. The first-order chi connectivity index (χ1) is 22.6. The first-order valence-electron chi connectivity index (χ1n) is 14.2. The Labute approximate surface area is 281 Å². The predicted octanol–water partition coefficient (Wildman–Crippen LogP) is -1.06. The fraction of sp³-hybridized carbons (Fsp3) is 0.708. The molecule has 21 nitrogen and oxygen atoms in total. The van der Waals surface area contributed by atoms with E-state index in [1.54, 1.807) is 6.92 Å². The molecule has 1 aromatic rings. The molecule has 0 spiro atoms. The van der Waals surface area contributed by atoms with E-state index in [4.69, 9.17) is 33.7 Å². The SMILES string of the molecule is CC[C@@]1(N)[C@H](O)[C@@H](COP(=O)(S)OP(=O)(O)OC2OC([C@@H](F)COC(C)=O)C(OC(C)=O)C(O)C2OC(C)=O)O[C@H]1n1ccc(=O)[nH]c1=O. The zero-order valence-corrected chi connectivity index (χ0v) is 28.9. The smallest absolute Gasteiger partial charge is 0.463 e. The third kappa shape index (κ3) is 10.3. The van der Waals surface area contributed by atoms with Gasteiger partial charge in [0.2, 0.25) is 6.29 Å². The summed E-state index contributed by atoms with van der Waals surface area (Å²) < 4.78 is 81.9. The van der Waals surface area contributed by atoms with E-state index in [9.17, 15) is 48.2 Å². The standard InChI is InChI=1S/C24H36FN3O18P2S/c1-5-24(26)20(34)14(43-22(24)28-7-6-15(32)27-23(28)35)9-40-48(38,49)46-47(36,37)45-21-19(42-12(4)31)16(33)18(41-11(3)30)17(44-21)13(25)8-39-10(2)29/h6-7,13-14,16-22,33-34H,5,8-9,26H2,1-4H3,(H,36,37)(H,38,49)(H,27,32,35)/t13-,14+,16?,17?,18?,19?,20+,21?,22+,24+,48?/m0/s1. The number of ether oxygens (including phenoxy) is 5. The average Bonchev–Trinajstić information content (AvgIpc) is 3.22. The molecule has 0 saturated carbocycles. The minimum atomic E-state index is -5.72. The number of nitrogens with zero attached hydrogens (tertiary/aromatic N) is 1. The first kappa shape index (κ1) is 40.9. The highest BCUT2D eigenvalue weighted by molar-refractivity contribution is 8.45. The number of aliphatic hydroxyl groups excluding tert-OH is 2. The van der Waals surface area contributed by atoms with Gasteiger partial charge in [-0.05, 0) is 6.42 Å². The van der Waals surface area contributed by atoms with Crippen LogP contribution in [0, 0.1) is 0 Å². The summed E-state index contributed by atoms with van der Waals surface area (Å²) in [5, 5.41) is 21.8. The van der Waals surface area contributed by atoms with Crippen molar-refractivity contribution in [3.8, 4) is 0 Å². The number of hydrogen-bond donors (Lipinski definition) is 6. The van der Waals surface area contributed by atoms with Gasteiger partial charge in [-0.1, -0.05) is 19.2 Å². The van der Waals surface area contributed by atoms with E-state index in [-0.39, 0.29) is 6.42 Å². The molecule has 2 saturated heterocycles. The molecule has 3 heterocycles. The fourth-order valence-electron chi connectivity index (χ4n) is 4.95. The monoisotopic (exact) mass is 767 g/mol. The number of thiol groups is 1. The van der Waals surface area contributed by atoms with Crippen molar-refractivity contribution in [2.24, 2.45) is 5.73 Å². The molecule has 1 aromatic heterocycles. The minimum absolute atomic E-state index is 0.00623. The van der Waals surface area contributed by atoms with Crippen LogP contribution in [0.5, 0.6) is 0 Å². The molecule has 0 radical (unpaired) electrons. The maximum atomic E-state index is 15.1. The van der Waals surface area contributed by atoms with Gasteiger partial charge in [-0.15, -0.1) is 0 Å². The lowest BCUT2D eigenvalue weighted by atomic mass is 9.88. The lowest BCUT2D eigenvalue weighted by Crippen LogP contribution is -2.63. The molecular formula is C24H36FN3O18P2S. The van der Waals surface area contributed by atoms with Gasteiger partial charge in [-0.25, -0.2) is 18.3 Å². The number of H-pyrrole nitrogens is 1. The number of aromatic amines is 1. The summed E-state index contributed by atoms with van der Waals surface area (Å²) >= 11 is 3.63. The van der Waals surface area contributed by atoms with Crippen molar-refractivity contribution in [3.05, 3.63) is 33.1 Å². The number of aromatic nitrogens is 2. The molecule has 25 heteroatoms. The van der Waals surface area contributed by atoms with E-state index in [0.29, 0.717) is 0 Å². The molecule has 278 valence electrons. The van der Waals surface area contributed by atoms with Crippen molar-refractivity contribution in [3.63, 3.8) is 0 Å². The highest BCUT2D eigenvalue weighted by Gasteiger charge is 2.56. The fourth-order valence-corrected chi connectivity index (χ4v) is 8.13. The minimum Gasteiger partial charge on any atom is -0.463 e. The van der Waals surface area contributed by atoms with E-state index in [2.05, 4.69) is 21.3 Å². The van der Waals surface area contributed by atoms with Gasteiger partial charge < -0.3 is 44.5 Å². The number of phosphoric ester groups is 1. The summed E-state index contributed by atoms with van der Waals surface area (Å²) in [7, 11) is -5.72. The lowest BCUT2D eigenvalue weighted by molar-refractivity contribution is -0.293. The van der Waals surface area contributed by atoms with Crippen LogP contribution in [-0.2, 0) is 60.6 Å². The molecule has 0 amide bonds. The van der Waals surface area contributed by atoms with Crippen LogP contribution >= 0.6 is 26.9 Å². The number of rotatable bonds is 14. The van der Waals surface area contributed by atoms with Crippen molar-refractivity contribution in [2.75, 3.05) is 13.2 Å². The van der Waals surface area contributed by atoms with E-state index in [0.717, 1.165) is 37.6 Å². The van der Waals surface area contributed by atoms with Gasteiger partial charge in [0.15, 0.2) is 24.6 Å². The Morgan fingerprint density at radius 1 is 1.12 bits per heavy atom. The summed E-state index contributed by atoms with van der Waals surface area (Å²) in [5.41, 5.74) is 3.01. The second kappa shape index (κ2) is 16.2. The van der Waals surface area contributed by atoms with Gasteiger partial charge in [-0.3, -0.25) is 37.8 Å². The van der Waals surface area contributed by atoms with Crippen LogP contribution in [0.25, 0.3) is 0 Å². The van der Waals surface area contributed by atoms with Crippen LogP contribution in [0.4, 0.5) is 4.39 Å². The van der Waals surface area contributed by atoms with Crippen LogP contribution in [-0.4, -0.2) is 110 Å². The molecule has 2 fully saturated rings.